The summed E-state index contributed by atoms with van der Waals surface area (Å²) in [4.78, 5) is 63.8. The smallest absolute Gasteiger partial charge is 0.280 e. The standard InChI is InChI=1S/C16H22N6O3.C16H21N5O3/c1-8-4-10(23)13-9(8)5-11(25-13)22-7-17-12-14(22)19-16(20-15(12)24)18-6-21(2)3;1-7-4-8(2)13-10(7)5-11(24-13)21-6-17-12-14(21)19-16(18-9(3)22)20-15(12)23/h6-11,13,23H,4-5H2,1-3H3,(H,19,20,24);6-8,10-11,13H,4-5H2,1-3H3,(H2,18,19,20,22,23)/t8-,9+,10-,11+,13+;7-,8-,10+,11+,13-/m11/s1. The molecule has 0 aromatic carbocycles. The molecule has 4 aliphatic rings. The minimum Gasteiger partial charge on any atom is -0.390 e. The molecule has 2 saturated heterocycles. The minimum atomic E-state index is -0.434. The molecule has 0 spiro atoms. The fourth-order valence-electron chi connectivity index (χ4n) is 8.12. The Kier molecular flexibility index (Phi) is 8.60. The van der Waals surface area contributed by atoms with E-state index >= 15 is 0 Å². The normalized spacial score (nSPS) is 32.1. The second-order valence-electron chi connectivity index (χ2n) is 14.2. The third-order valence-electron chi connectivity index (χ3n) is 10.4. The van der Waals surface area contributed by atoms with Gasteiger partial charge in [0.05, 0.1) is 37.3 Å². The minimum absolute atomic E-state index is 0.127. The van der Waals surface area contributed by atoms with Gasteiger partial charge in [-0.25, -0.2) is 15.0 Å². The van der Waals surface area contributed by atoms with E-state index in [4.69, 9.17) is 9.47 Å². The van der Waals surface area contributed by atoms with Crippen LogP contribution in [0.3, 0.4) is 0 Å². The van der Waals surface area contributed by atoms with Crippen molar-refractivity contribution in [2.75, 3.05) is 19.4 Å². The number of anilines is 1. The van der Waals surface area contributed by atoms with Crippen LogP contribution in [0.25, 0.3) is 22.3 Å². The number of H-pyrrole nitrogens is 2. The van der Waals surface area contributed by atoms with E-state index in [-0.39, 0.29) is 64.6 Å². The molecule has 4 N–H and O–H groups in total. The molecule has 49 heavy (non-hydrogen) atoms. The number of nitrogens with zero attached hydrogens (tertiary/aromatic N) is 8. The topological polar surface area (TPSA) is 211 Å². The van der Waals surface area contributed by atoms with Crippen molar-refractivity contribution in [1.82, 2.24) is 43.9 Å². The molecule has 262 valence electrons. The highest BCUT2D eigenvalue weighted by Crippen LogP contribution is 2.49. The summed E-state index contributed by atoms with van der Waals surface area (Å²) in [6.07, 6.45) is 7.59. The Hall–Kier alpha value is -4.48. The predicted molar refractivity (Wildman–Crippen MR) is 179 cm³/mol. The second-order valence-corrected chi connectivity index (χ2v) is 14.2. The first-order valence-electron chi connectivity index (χ1n) is 16.8. The van der Waals surface area contributed by atoms with Crippen LogP contribution in [-0.2, 0) is 14.3 Å². The Labute approximate surface area is 281 Å². The molecule has 4 fully saturated rings. The molecule has 10 atom stereocenters. The molecular formula is C32H43N11O6. The molecule has 2 aliphatic heterocycles. The van der Waals surface area contributed by atoms with Gasteiger partial charge in [-0.15, -0.1) is 0 Å². The van der Waals surface area contributed by atoms with Gasteiger partial charge in [-0.1, -0.05) is 20.8 Å². The van der Waals surface area contributed by atoms with Gasteiger partial charge in [-0.05, 0) is 55.3 Å². The second kappa shape index (κ2) is 12.8. The van der Waals surface area contributed by atoms with Crippen LogP contribution in [0.1, 0.15) is 65.8 Å². The van der Waals surface area contributed by atoms with Crippen LogP contribution >= 0.6 is 0 Å². The first kappa shape index (κ1) is 33.0. The van der Waals surface area contributed by atoms with Gasteiger partial charge < -0.3 is 19.5 Å². The number of aromatic amines is 2. The first-order valence-corrected chi connectivity index (χ1v) is 16.8. The Bertz CT molecular complexity index is 1980. The molecule has 0 unspecified atom stereocenters. The zero-order valence-electron chi connectivity index (χ0n) is 28.4. The molecular weight excluding hydrogens is 634 g/mol. The molecule has 17 nitrogen and oxygen atoms in total. The molecule has 4 aromatic rings. The average molecular weight is 678 g/mol. The summed E-state index contributed by atoms with van der Waals surface area (Å²) in [5.74, 6) is 2.48. The van der Waals surface area contributed by atoms with Crippen molar-refractivity contribution in [3.05, 3.63) is 33.4 Å². The summed E-state index contributed by atoms with van der Waals surface area (Å²) in [6.45, 7) is 8.01. The van der Waals surface area contributed by atoms with Crippen LogP contribution in [0.5, 0.6) is 0 Å². The number of fused-ring (bicyclic) bond motifs is 4. The lowest BCUT2D eigenvalue weighted by Gasteiger charge is -2.17. The van der Waals surface area contributed by atoms with E-state index in [9.17, 15) is 19.5 Å². The van der Waals surface area contributed by atoms with Gasteiger partial charge in [0, 0.05) is 21.0 Å². The van der Waals surface area contributed by atoms with Gasteiger partial charge in [0.25, 0.3) is 11.1 Å². The summed E-state index contributed by atoms with van der Waals surface area (Å²) < 4.78 is 15.9. The van der Waals surface area contributed by atoms with Crippen LogP contribution in [0.4, 0.5) is 11.9 Å². The Morgan fingerprint density at radius 1 is 0.898 bits per heavy atom. The number of imidazole rings is 2. The third-order valence-corrected chi connectivity index (χ3v) is 10.4. The maximum Gasteiger partial charge on any atom is 0.280 e. The van der Waals surface area contributed by atoms with Gasteiger partial charge in [-0.2, -0.15) is 9.97 Å². The maximum absolute atomic E-state index is 12.2. The van der Waals surface area contributed by atoms with Crippen molar-refractivity contribution < 1.29 is 19.4 Å². The highest BCUT2D eigenvalue weighted by molar-refractivity contribution is 5.87. The Morgan fingerprint density at radius 3 is 2.06 bits per heavy atom. The number of amides is 1. The lowest BCUT2D eigenvalue weighted by atomic mass is 9.94. The highest BCUT2D eigenvalue weighted by Gasteiger charge is 2.49. The van der Waals surface area contributed by atoms with Crippen LogP contribution < -0.4 is 16.4 Å². The number of carbonyl (C=O) groups is 1. The maximum atomic E-state index is 12.2. The van der Waals surface area contributed by atoms with Crippen molar-refractivity contribution in [3.8, 4) is 0 Å². The summed E-state index contributed by atoms with van der Waals surface area (Å²) in [5.41, 5.74) is 0.696. The summed E-state index contributed by atoms with van der Waals surface area (Å²) in [5, 5.41) is 12.7. The van der Waals surface area contributed by atoms with E-state index in [0.29, 0.717) is 40.9 Å². The molecule has 0 bridgehead atoms. The number of hydrogen-bond donors (Lipinski definition) is 4. The van der Waals surface area contributed by atoms with Crippen LogP contribution in [0, 0.1) is 29.6 Å². The van der Waals surface area contributed by atoms with E-state index in [1.165, 1.54) is 13.3 Å². The number of ether oxygens (including phenoxy) is 2. The summed E-state index contributed by atoms with van der Waals surface area (Å²) >= 11 is 0. The summed E-state index contributed by atoms with van der Waals surface area (Å²) in [7, 11) is 3.67. The zero-order valence-corrected chi connectivity index (χ0v) is 28.4. The molecule has 2 aliphatic carbocycles. The zero-order chi connectivity index (χ0) is 34.7. The van der Waals surface area contributed by atoms with Crippen molar-refractivity contribution in [2.24, 2.45) is 34.6 Å². The quantitative estimate of drug-likeness (QED) is 0.178. The Balaban J connectivity index is 0.000000154. The van der Waals surface area contributed by atoms with Crippen molar-refractivity contribution in [3.63, 3.8) is 0 Å². The number of nitrogens with one attached hydrogen (secondary N) is 3. The number of rotatable bonds is 5. The SMILES string of the molecule is CC(=O)Nc1nc2c(ncn2[C@@H]2C[C@@H]3[C@H](O2)[C@H](C)C[C@H]3C)c(=O)[nH]1.C[C@@H]1C[C@@H](O)[C@H]2O[C@H](n3cnc4c(=O)[nH]c(N=CN(C)C)nc43)C[C@H]21. The van der Waals surface area contributed by atoms with Crippen molar-refractivity contribution >= 4 is 46.5 Å². The van der Waals surface area contributed by atoms with E-state index in [1.54, 1.807) is 28.5 Å². The monoisotopic (exact) mass is 677 g/mol. The van der Waals surface area contributed by atoms with Gasteiger partial charge in [0.15, 0.2) is 22.3 Å². The number of hydrogen-bond acceptors (Lipinski definition) is 11. The lowest BCUT2D eigenvalue weighted by molar-refractivity contribution is -0.114. The number of aliphatic imine (C=N–C) groups is 1. The lowest BCUT2D eigenvalue weighted by Crippen LogP contribution is -2.23. The largest absolute Gasteiger partial charge is 0.390 e. The van der Waals surface area contributed by atoms with Crippen LogP contribution in [-0.4, -0.2) is 93.7 Å². The third kappa shape index (κ3) is 6.14. The number of aliphatic hydroxyl groups excluding tert-OH is 1. The predicted octanol–water partition coefficient (Wildman–Crippen LogP) is 2.30. The van der Waals surface area contributed by atoms with Gasteiger partial charge in [0.2, 0.25) is 17.8 Å². The molecule has 17 heteroatoms. The molecule has 0 radical (unpaired) electrons. The van der Waals surface area contributed by atoms with Crippen molar-refractivity contribution in [2.45, 2.75) is 84.1 Å². The van der Waals surface area contributed by atoms with Gasteiger partial charge in [-0.3, -0.25) is 38.8 Å². The molecule has 8 rings (SSSR count). The highest BCUT2D eigenvalue weighted by atomic mass is 16.5. The average Bonchev–Trinajstić information content (AvgIpc) is 3.86. The van der Waals surface area contributed by atoms with Crippen molar-refractivity contribution in [1.29, 1.82) is 0 Å². The molecule has 4 aromatic heterocycles. The van der Waals surface area contributed by atoms with E-state index < -0.39 is 6.10 Å². The Morgan fingerprint density at radius 2 is 1.47 bits per heavy atom. The number of aliphatic hydroxyl groups is 1. The number of aromatic nitrogens is 8. The van der Waals surface area contributed by atoms with Crippen LogP contribution in [0.2, 0.25) is 0 Å². The first-order chi connectivity index (χ1) is 23.4. The van der Waals surface area contributed by atoms with Crippen LogP contribution in [0.15, 0.2) is 27.2 Å². The van der Waals surface area contributed by atoms with E-state index in [0.717, 1.165) is 19.3 Å². The van der Waals surface area contributed by atoms with E-state index in [1.807, 2.05) is 18.7 Å². The van der Waals surface area contributed by atoms with Gasteiger partial charge in [0.1, 0.15) is 12.5 Å². The fourth-order valence-corrected chi connectivity index (χ4v) is 8.12. The fraction of sp³-hybridized carbons (Fsp3) is 0.625. The summed E-state index contributed by atoms with van der Waals surface area (Å²) in [6, 6.07) is 0. The van der Waals surface area contributed by atoms with Gasteiger partial charge >= 0.3 is 0 Å². The number of carbonyl (C=O) groups excluding carboxylic acids is 1. The molecule has 2 saturated carbocycles. The molecule has 1 amide bonds. The molecule has 6 heterocycles. The van der Waals surface area contributed by atoms with E-state index in [2.05, 4.69) is 61.0 Å².